The Hall–Kier alpha value is -0.560. The summed E-state index contributed by atoms with van der Waals surface area (Å²) < 4.78 is 0. The Balaban J connectivity index is 2.06. The van der Waals surface area contributed by atoms with E-state index in [1.54, 1.807) is 0 Å². The number of hydrogen-bond acceptors (Lipinski definition) is 1. The highest BCUT2D eigenvalue weighted by atomic mass is 14.7. The molecule has 2 aliphatic carbocycles. The fourth-order valence-corrected chi connectivity index (χ4v) is 2.75. The van der Waals surface area contributed by atoms with Gasteiger partial charge in [0.05, 0.1) is 0 Å². The fourth-order valence-electron chi connectivity index (χ4n) is 2.75. The molecule has 0 aromatic rings. The Bertz CT molecular complexity index is 242. The maximum absolute atomic E-state index is 6.17. The maximum atomic E-state index is 6.17. The number of rotatable bonds is 1. The van der Waals surface area contributed by atoms with Gasteiger partial charge in [-0.3, -0.25) is 0 Å². The molecule has 0 saturated heterocycles. The first-order valence-corrected chi connectivity index (χ1v) is 5.86. The van der Waals surface area contributed by atoms with Crippen LogP contribution in [0.4, 0.5) is 0 Å². The van der Waals surface area contributed by atoms with Gasteiger partial charge in [-0.05, 0) is 43.4 Å². The molecule has 0 fully saturated rings. The summed E-state index contributed by atoms with van der Waals surface area (Å²) in [6.07, 6.45) is 14.3. The first kappa shape index (κ1) is 9.97. The first-order valence-electron chi connectivity index (χ1n) is 5.86. The molecular weight excluding hydrogens is 170 g/mol. The van der Waals surface area contributed by atoms with Crippen molar-refractivity contribution >= 4 is 0 Å². The van der Waals surface area contributed by atoms with Crippen molar-refractivity contribution in [2.75, 3.05) is 0 Å². The summed E-state index contributed by atoms with van der Waals surface area (Å²) in [5, 5.41) is 0. The number of nitrogens with two attached hydrogens (primary N) is 1. The smallest absolute Gasteiger partial charge is 0.0110 e. The minimum absolute atomic E-state index is 0.389. The van der Waals surface area contributed by atoms with Crippen molar-refractivity contribution in [2.45, 2.75) is 38.6 Å². The number of hydrogen-bond donors (Lipinski definition) is 1. The molecule has 2 aliphatic rings. The van der Waals surface area contributed by atoms with Crippen LogP contribution in [0, 0.1) is 17.8 Å². The summed E-state index contributed by atoms with van der Waals surface area (Å²) >= 11 is 0. The van der Waals surface area contributed by atoms with Gasteiger partial charge in [-0.1, -0.05) is 31.2 Å². The molecule has 0 saturated carbocycles. The van der Waals surface area contributed by atoms with Crippen molar-refractivity contribution in [3.8, 4) is 0 Å². The van der Waals surface area contributed by atoms with Gasteiger partial charge in [0.25, 0.3) is 0 Å². The van der Waals surface area contributed by atoms with E-state index in [1.165, 1.54) is 25.7 Å². The predicted molar refractivity (Wildman–Crippen MR) is 60.9 cm³/mol. The van der Waals surface area contributed by atoms with E-state index < -0.39 is 0 Å². The lowest BCUT2D eigenvalue weighted by molar-refractivity contribution is 0.303. The normalized spacial score (nSPS) is 42.7. The molecule has 2 rings (SSSR count). The van der Waals surface area contributed by atoms with Crippen LogP contribution >= 0.6 is 0 Å². The van der Waals surface area contributed by atoms with Gasteiger partial charge in [-0.15, -0.1) is 0 Å². The van der Waals surface area contributed by atoms with Crippen molar-refractivity contribution in [3.63, 3.8) is 0 Å². The monoisotopic (exact) mass is 191 g/mol. The summed E-state index contributed by atoms with van der Waals surface area (Å²) in [7, 11) is 0. The van der Waals surface area contributed by atoms with E-state index in [0.717, 1.165) is 5.92 Å². The lowest BCUT2D eigenvalue weighted by Gasteiger charge is -2.33. The molecule has 1 heteroatoms. The molecule has 0 spiro atoms. The fraction of sp³-hybridized carbons (Fsp3) is 0.692. The van der Waals surface area contributed by atoms with Crippen LogP contribution in [0.25, 0.3) is 0 Å². The van der Waals surface area contributed by atoms with Gasteiger partial charge in [0.2, 0.25) is 0 Å². The summed E-state index contributed by atoms with van der Waals surface area (Å²) in [6.45, 7) is 2.34. The van der Waals surface area contributed by atoms with Gasteiger partial charge in [0.1, 0.15) is 0 Å². The minimum atomic E-state index is 0.389. The standard InChI is InChI=1S/C13H21N/c1-10-5-4-6-11(9-10)12-7-2-3-8-13(12)14/h2,4,6-7,10-13H,3,5,8-9,14H2,1H3/t10-,11?,12?,13?/m0/s1. The van der Waals surface area contributed by atoms with Crippen molar-refractivity contribution in [1.82, 2.24) is 0 Å². The van der Waals surface area contributed by atoms with Gasteiger partial charge < -0.3 is 5.73 Å². The quantitative estimate of drug-likeness (QED) is 0.634. The van der Waals surface area contributed by atoms with E-state index in [2.05, 4.69) is 31.2 Å². The highest BCUT2D eigenvalue weighted by Gasteiger charge is 2.27. The van der Waals surface area contributed by atoms with Crippen molar-refractivity contribution < 1.29 is 0 Å². The molecule has 14 heavy (non-hydrogen) atoms. The van der Waals surface area contributed by atoms with Gasteiger partial charge in [-0.25, -0.2) is 0 Å². The number of allylic oxidation sites excluding steroid dienone is 3. The van der Waals surface area contributed by atoms with E-state index in [0.29, 0.717) is 17.9 Å². The zero-order chi connectivity index (χ0) is 9.97. The average Bonchev–Trinajstić information content (AvgIpc) is 2.18. The zero-order valence-corrected chi connectivity index (χ0v) is 9.02. The molecule has 4 atom stereocenters. The largest absolute Gasteiger partial charge is 0.327 e. The molecule has 0 aromatic carbocycles. The lowest BCUT2D eigenvalue weighted by atomic mass is 9.74. The van der Waals surface area contributed by atoms with Crippen LogP contribution in [0.5, 0.6) is 0 Å². The second-order valence-electron chi connectivity index (χ2n) is 4.92. The Morgan fingerprint density at radius 1 is 1.21 bits per heavy atom. The van der Waals surface area contributed by atoms with Gasteiger partial charge in [-0.2, -0.15) is 0 Å². The summed E-state index contributed by atoms with van der Waals surface area (Å²) in [5.41, 5.74) is 6.17. The molecule has 2 N–H and O–H groups in total. The average molecular weight is 191 g/mol. The SMILES string of the molecule is C[C@H]1CC=CC(C2C=CCCC2N)C1. The van der Waals surface area contributed by atoms with E-state index >= 15 is 0 Å². The van der Waals surface area contributed by atoms with Crippen molar-refractivity contribution in [2.24, 2.45) is 23.5 Å². The maximum Gasteiger partial charge on any atom is 0.0110 e. The van der Waals surface area contributed by atoms with E-state index in [-0.39, 0.29) is 0 Å². The Labute approximate surface area is 87.1 Å². The van der Waals surface area contributed by atoms with Crippen LogP contribution in [0.15, 0.2) is 24.3 Å². The van der Waals surface area contributed by atoms with Gasteiger partial charge in [0, 0.05) is 6.04 Å². The molecule has 3 unspecified atom stereocenters. The Kier molecular flexibility index (Phi) is 3.07. The third-order valence-corrected chi connectivity index (χ3v) is 3.61. The van der Waals surface area contributed by atoms with E-state index in [4.69, 9.17) is 5.73 Å². The molecule has 0 aromatic heterocycles. The second-order valence-corrected chi connectivity index (χ2v) is 4.92. The third kappa shape index (κ3) is 2.09. The molecule has 1 nitrogen and oxygen atoms in total. The highest BCUT2D eigenvalue weighted by Crippen LogP contribution is 2.33. The van der Waals surface area contributed by atoms with Crippen molar-refractivity contribution in [3.05, 3.63) is 24.3 Å². The lowest BCUT2D eigenvalue weighted by Crippen LogP contribution is -2.36. The van der Waals surface area contributed by atoms with Crippen molar-refractivity contribution in [1.29, 1.82) is 0 Å². The summed E-state index contributed by atoms with van der Waals surface area (Å²) in [4.78, 5) is 0. The van der Waals surface area contributed by atoms with Crippen LogP contribution < -0.4 is 5.73 Å². The third-order valence-electron chi connectivity index (χ3n) is 3.61. The van der Waals surface area contributed by atoms with Crippen LogP contribution in [-0.4, -0.2) is 6.04 Å². The van der Waals surface area contributed by atoms with Crippen LogP contribution in [0.1, 0.15) is 32.6 Å². The molecular formula is C13H21N. The summed E-state index contributed by atoms with van der Waals surface area (Å²) in [5.74, 6) is 2.14. The van der Waals surface area contributed by atoms with E-state index in [1.807, 2.05) is 0 Å². The zero-order valence-electron chi connectivity index (χ0n) is 9.02. The summed E-state index contributed by atoms with van der Waals surface area (Å²) in [6, 6.07) is 0.389. The van der Waals surface area contributed by atoms with Crippen LogP contribution in [0.2, 0.25) is 0 Å². The Morgan fingerprint density at radius 3 is 2.79 bits per heavy atom. The van der Waals surface area contributed by atoms with Crippen LogP contribution in [-0.2, 0) is 0 Å². The molecule has 78 valence electrons. The molecule has 0 aliphatic heterocycles. The van der Waals surface area contributed by atoms with Gasteiger partial charge >= 0.3 is 0 Å². The first-order chi connectivity index (χ1) is 6.77. The predicted octanol–water partition coefficient (Wildman–Crippen LogP) is 2.88. The minimum Gasteiger partial charge on any atom is -0.327 e. The molecule has 0 heterocycles. The van der Waals surface area contributed by atoms with E-state index in [9.17, 15) is 0 Å². The topological polar surface area (TPSA) is 26.0 Å². The van der Waals surface area contributed by atoms with Gasteiger partial charge in [0.15, 0.2) is 0 Å². The molecule has 0 bridgehead atoms. The Morgan fingerprint density at radius 2 is 2.07 bits per heavy atom. The van der Waals surface area contributed by atoms with Crippen LogP contribution in [0.3, 0.4) is 0 Å². The molecule has 0 radical (unpaired) electrons. The molecule has 0 amide bonds. The highest BCUT2D eigenvalue weighted by molar-refractivity contribution is 5.08. The second kappa shape index (κ2) is 4.31.